The largest absolute Gasteiger partial charge is 0.366 e. The molecule has 0 bridgehead atoms. The second-order valence-electron chi connectivity index (χ2n) is 4.44. The van der Waals surface area contributed by atoms with Gasteiger partial charge in [0.15, 0.2) is 5.82 Å². The third-order valence-electron chi connectivity index (χ3n) is 2.97. The summed E-state index contributed by atoms with van der Waals surface area (Å²) in [5.41, 5.74) is 0. The molecule has 0 aliphatic heterocycles. The highest BCUT2D eigenvalue weighted by Crippen LogP contribution is 2.25. The van der Waals surface area contributed by atoms with Gasteiger partial charge in [0.1, 0.15) is 5.02 Å². The molecule has 0 unspecified atom stereocenters. The lowest BCUT2D eigenvalue weighted by atomic mass is 10.2. The lowest BCUT2D eigenvalue weighted by Crippen LogP contribution is -2.17. The SMILES string of the molecule is CCCNc1ncc(Cl)c(NC2CCCC2)n1. The topological polar surface area (TPSA) is 49.8 Å². The molecule has 2 N–H and O–H groups in total. The van der Waals surface area contributed by atoms with E-state index in [1.54, 1.807) is 6.20 Å². The Morgan fingerprint density at radius 3 is 2.88 bits per heavy atom. The van der Waals surface area contributed by atoms with Gasteiger partial charge < -0.3 is 10.6 Å². The lowest BCUT2D eigenvalue weighted by molar-refractivity contribution is 0.750. The van der Waals surface area contributed by atoms with Gasteiger partial charge in [0.05, 0.1) is 6.20 Å². The maximum atomic E-state index is 6.09. The van der Waals surface area contributed by atoms with Crippen molar-refractivity contribution in [2.75, 3.05) is 17.2 Å². The van der Waals surface area contributed by atoms with Gasteiger partial charge in [0, 0.05) is 12.6 Å². The van der Waals surface area contributed by atoms with Crippen molar-refractivity contribution in [3.05, 3.63) is 11.2 Å². The first-order valence-corrected chi connectivity index (χ1v) is 6.70. The van der Waals surface area contributed by atoms with Crippen LogP contribution in [-0.4, -0.2) is 22.6 Å². The van der Waals surface area contributed by atoms with Crippen LogP contribution in [0, 0.1) is 0 Å². The van der Waals surface area contributed by atoms with Crippen molar-refractivity contribution in [2.24, 2.45) is 0 Å². The average Bonchev–Trinajstić information content (AvgIpc) is 2.83. The number of nitrogens with one attached hydrogen (secondary N) is 2. The lowest BCUT2D eigenvalue weighted by Gasteiger charge is -2.14. The van der Waals surface area contributed by atoms with E-state index in [2.05, 4.69) is 27.5 Å². The third kappa shape index (κ3) is 3.46. The fraction of sp³-hybridized carbons (Fsp3) is 0.667. The van der Waals surface area contributed by atoms with E-state index in [-0.39, 0.29) is 0 Å². The van der Waals surface area contributed by atoms with E-state index in [1.807, 2.05) is 0 Å². The molecule has 1 aliphatic rings. The number of anilines is 2. The molecule has 0 atom stereocenters. The first-order chi connectivity index (χ1) is 8.29. The molecule has 0 spiro atoms. The number of halogens is 1. The number of rotatable bonds is 5. The smallest absolute Gasteiger partial charge is 0.224 e. The van der Waals surface area contributed by atoms with Crippen molar-refractivity contribution < 1.29 is 0 Å². The monoisotopic (exact) mass is 254 g/mol. The summed E-state index contributed by atoms with van der Waals surface area (Å²) < 4.78 is 0. The van der Waals surface area contributed by atoms with E-state index in [0.717, 1.165) is 18.8 Å². The van der Waals surface area contributed by atoms with Gasteiger partial charge in [-0.05, 0) is 19.3 Å². The van der Waals surface area contributed by atoms with Crippen LogP contribution < -0.4 is 10.6 Å². The maximum Gasteiger partial charge on any atom is 0.224 e. The molecule has 2 rings (SSSR count). The molecular formula is C12H19ClN4. The Balaban J connectivity index is 2.03. The molecule has 0 aromatic carbocycles. The minimum atomic E-state index is 0.515. The van der Waals surface area contributed by atoms with Crippen LogP contribution in [0.1, 0.15) is 39.0 Å². The Labute approximate surface area is 107 Å². The minimum absolute atomic E-state index is 0.515. The second kappa shape index (κ2) is 6.05. The summed E-state index contributed by atoms with van der Waals surface area (Å²) in [7, 11) is 0. The van der Waals surface area contributed by atoms with E-state index in [1.165, 1.54) is 25.7 Å². The molecule has 1 saturated carbocycles. The van der Waals surface area contributed by atoms with Crippen LogP contribution in [0.5, 0.6) is 0 Å². The maximum absolute atomic E-state index is 6.09. The van der Waals surface area contributed by atoms with Crippen LogP contribution in [0.2, 0.25) is 5.02 Å². The van der Waals surface area contributed by atoms with Crippen LogP contribution >= 0.6 is 11.6 Å². The van der Waals surface area contributed by atoms with Gasteiger partial charge in [-0.1, -0.05) is 31.4 Å². The Morgan fingerprint density at radius 2 is 2.18 bits per heavy atom. The van der Waals surface area contributed by atoms with E-state index < -0.39 is 0 Å². The van der Waals surface area contributed by atoms with Crippen LogP contribution in [0.15, 0.2) is 6.20 Å². The summed E-state index contributed by atoms with van der Waals surface area (Å²) in [5, 5.41) is 7.17. The molecule has 5 heteroatoms. The van der Waals surface area contributed by atoms with Crippen molar-refractivity contribution in [1.29, 1.82) is 0 Å². The Bertz CT molecular complexity index is 364. The number of aromatic nitrogens is 2. The Kier molecular flexibility index (Phi) is 4.42. The van der Waals surface area contributed by atoms with Gasteiger partial charge >= 0.3 is 0 Å². The molecule has 1 aromatic heterocycles. The summed E-state index contributed by atoms with van der Waals surface area (Å²) in [6.07, 6.45) is 7.71. The van der Waals surface area contributed by atoms with Crippen LogP contribution in [0.3, 0.4) is 0 Å². The predicted molar refractivity (Wildman–Crippen MR) is 71.7 cm³/mol. The van der Waals surface area contributed by atoms with Crippen LogP contribution in [-0.2, 0) is 0 Å². The van der Waals surface area contributed by atoms with Crippen LogP contribution in [0.4, 0.5) is 11.8 Å². The first-order valence-electron chi connectivity index (χ1n) is 6.32. The zero-order valence-corrected chi connectivity index (χ0v) is 10.9. The normalized spacial score (nSPS) is 16.1. The van der Waals surface area contributed by atoms with Gasteiger partial charge in [-0.3, -0.25) is 0 Å². The van der Waals surface area contributed by atoms with Crippen LogP contribution in [0.25, 0.3) is 0 Å². The number of hydrogen-bond acceptors (Lipinski definition) is 4. The summed E-state index contributed by atoms with van der Waals surface area (Å²) in [6, 6.07) is 0.515. The highest BCUT2D eigenvalue weighted by Gasteiger charge is 2.16. The summed E-state index contributed by atoms with van der Waals surface area (Å²) in [5.74, 6) is 1.41. The van der Waals surface area contributed by atoms with Gasteiger partial charge in [0.25, 0.3) is 0 Å². The summed E-state index contributed by atoms with van der Waals surface area (Å²) in [4.78, 5) is 8.56. The van der Waals surface area contributed by atoms with E-state index >= 15 is 0 Å². The average molecular weight is 255 g/mol. The van der Waals surface area contributed by atoms with Gasteiger partial charge in [-0.2, -0.15) is 4.98 Å². The van der Waals surface area contributed by atoms with Crippen molar-refractivity contribution >= 4 is 23.4 Å². The standard InChI is InChI=1S/C12H19ClN4/c1-2-7-14-12-15-8-10(13)11(17-12)16-9-5-3-4-6-9/h8-9H,2-7H2,1H3,(H2,14,15,16,17). The van der Waals surface area contributed by atoms with E-state index in [9.17, 15) is 0 Å². The molecule has 4 nitrogen and oxygen atoms in total. The molecule has 1 fully saturated rings. The predicted octanol–water partition coefficient (Wildman–Crippen LogP) is 3.31. The number of nitrogens with zero attached hydrogens (tertiary/aromatic N) is 2. The molecule has 1 aliphatic carbocycles. The molecular weight excluding hydrogens is 236 g/mol. The molecule has 0 amide bonds. The fourth-order valence-corrected chi connectivity index (χ4v) is 2.20. The van der Waals surface area contributed by atoms with Crippen molar-refractivity contribution in [1.82, 2.24) is 9.97 Å². The summed E-state index contributed by atoms with van der Waals surface area (Å²) >= 11 is 6.09. The van der Waals surface area contributed by atoms with Crippen molar-refractivity contribution in [3.63, 3.8) is 0 Å². The molecule has 17 heavy (non-hydrogen) atoms. The Hall–Kier alpha value is -1.03. The highest BCUT2D eigenvalue weighted by molar-refractivity contribution is 6.32. The Morgan fingerprint density at radius 1 is 1.41 bits per heavy atom. The molecule has 0 saturated heterocycles. The molecule has 94 valence electrons. The summed E-state index contributed by atoms with van der Waals surface area (Å²) in [6.45, 7) is 2.99. The van der Waals surface area contributed by atoms with Crippen molar-refractivity contribution in [3.8, 4) is 0 Å². The van der Waals surface area contributed by atoms with Gasteiger partial charge in [0.2, 0.25) is 5.95 Å². The van der Waals surface area contributed by atoms with E-state index in [0.29, 0.717) is 17.0 Å². The first kappa shape index (κ1) is 12.4. The quantitative estimate of drug-likeness (QED) is 0.847. The fourth-order valence-electron chi connectivity index (χ4n) is 2.05. The zero-order chi connectivity index (χ0) is 12.1. The van der Waals surface area contributed by atoms with Crippen molar-refractivity contribution in [2.45, 2.75) is 45.1 Å². The van der Waals surface area contributed by atoms with Gasteiger partial charge in [-0.25, -0.2) is 4.98 Å². The van der Waals surface area contributed by atoms with Gasteiger partial charge in [-0.15, -0.1) is 0 Å². The molecule has 1 aromatic rings. The second-order valence-corrected chi connectivity index (χ2v) is 4.85. The zero-order valence-electron chi connectivity index (χ0n) is 10.2. The molecule has 0 radical (unpaired) electrons. The molecule has 1 heterocycles. The van der Waals surface area contributed by atoms with E-state index in [4.69, 9.17) is 11.6 Å². The minimum Gasteiger partial charge on any atom is -0.366 e. The number of hydrogen-bond donors (Lipinski definition) is 2. The highest BCUT2D eigenvalue weighted by atomic mass is 35.5. The third-order valence-corrected chi connectivity index (χ3v) is 3.25.